The van der Waals surface area contributed by atoms with Crippen LogP contribution < -0.4 is 0 Å². The lowest BCUT2D eigenvalue weighted by atomic mass is 10.0. The summed E-state index contributed by atoms with van der Waals surface area (Å²) in [5.74, 6) is 2.38. The molecule has 60 valence electrons. The highest BCUT2D eigenvalue weighted by atomic mass is 16.5. The molecule has 0 aromatic carbocycles. The Labute approximate surface area is 68.2 Å². The lowest BCUT2D eigenvalue weighted by molar-refractivity contribution is 0.0431. The first-order valence-corrected chi connectivity index (χ1v) is 3.77. The fourth-order valence-corrected chi connectivity index (χ4v) is 0.905. The number of nitriles is 1. The molecule has 1 atom stereocenters. The molecule has 0 saturated carbocycles. The van der Waals surface area contributed by atoms with Crippen LogP contribution in [0.4, 0.5) is 0 Å². The van der Waals surface area contributed by atoms with Gasteiger partial charge in [0.05, 0.1) is 0 Å². The van der Waals surface area contributed by atoms with Crippen molar-refractivity contribution in [1.82, 2.24) is 0 Å². The third kappa shape index (κ3) is 2.62. The Morgan fingerprint density at radius 1 is 1.55 bits per heavy atom. The SMILES string of the molecule is C#CC(C#N)(CCC)OCC. The van der Waals surface area contributed by atoms with Gasteiger partial charge in [0, 0.05) is 13.0 Å². The molecule has 0 heterocycles. The van der Waals surface area contributed by atoms with E-state index in [9.17, 15) is 0 Å². The molecule has 0 aliphatic heterocycles. The Balaban J connectivity index is 4.27. The fourth-order valence-electron chi connectivity index (χ4n) is 0.905. The van der Waals surface area contributed by atoms with Crippen LogP contribution in [-0.4, -0.2) is 12.2 Å². The highest BCUT2D eigenvalue weighted by Gasteiger charge is 2.25. The summed E-state index contributed by atoms with van der Waals surface area (Å²) in [5, 5.41) is 8.72. The average molecular weight is 151 g/mol. The van der Waals surface area contributed by atoms with Gasteiger partial charge in [0.2, 0.25) is 5.60 Å². The van der Waals surface area contributed by atoms with Crippen LogP contribution >= 0.6 is 0 Å². The summed E-state index contributed by atoms with van der Waals surface area (Å²) in [6, 6.07) is 2.01. The molecule has 0 aliphatic rings. The highest BCUT2D eigenvalue weighted by molar-refractivity contribution is 5.21. The van der Waals surface area contributed by atoms with E-state index in [1.165, 1.54) is 0 Å². The van der Waals surface area contributed by atoms with Crippen LogP contribution in [0.2, 0.25) is 0 Å². The maximum Gasteiger partial charge on any atom is 0.215 e. The van der Waals surface area contributed by atoms with Crippen LogP contribution in [0.25, 0.3) is 0 Å². The van der Waals surface area contributed by atoms with Crippen LogP contribution in [0.15, 0.2) is 0 Å². The van der Waals surface area contributed by atoms with Crippen LogP contribution in [0.5, 0.6) is 0 Å². The Kier molecular flexibility index (Phi) is 4.34. The minimum absolute atomic E-state index is 0.484. The number of terminal acetylenes is 1. The molecular weight excluding hydrogens is 138 g/mol. The molecule has 0 N–H and O–H groups in total. The zero-order valence-electron chi connectivity index (χ0n) is 7.05. The molecule has 0 aromatic rings. The second-order valence-electron chi connectivity index (χ2n) is 2.27. The molecule has 0 bridgehead atoms. The van der Waals surface area contributed by atoms with Crippen molar-refractivity contribution < 1.29 is 4.74 Å². The highest BCUT2D eigenvalue weighted by Crippen LogP contribution is 2.15. The second kappa shape index (κ2) is 4.77. The molecule has 11 heavy (non-hydrogen) atoms. The lowest BCUT2D eigenvalue weighted by Gasteiger charge is -2.18. The summed E-state index contributed by atoms with van der Waals surface area (Å²) in [6.07, 6.45) is 6.66. The lowest BCUT2D eigenvalue weighted by Crippen LogP contribution is -2.28. The number of hydrogen-bond acceptors (Lipinski definition) is 2. The van der Waals surface area contributed by atoms with E-state index in [2.05, 4.69) is 5.92 Å². The minimum atomic E-state index is -0.983. The normalized spacial score (nSPS) is 14.5. The predicted molar refractivity (Wildman–Crippen MR) is 43.7 cm³/mol. The topological polar surface area (TPSA) is 33.0 Å². The van der Waals surface area contributed by atoms with E-state index in [0.29, 0.717) is 13.0 Å². The van der Waals surface area contributed by atoms with Crippen molar-refractivity contribution in [2.75, 3.05) is 6.61 Å². The minimum Gasteiger partial charge on any atom is -0.350 e. The Morgan fingerprint density at radius 3 is 2.45 bits per heavy atom. The molecule has 0 aromatic heterocycles. The number of hydrogen-bond donors (Lipinski definition) is 0. The molecule has 2 nitrogen and oxygen atoms in total. The molecule has 0 aliphatic carbocycles. The van der Waals surface area contributed by atoms with Gasteiger partial charge >= 0.3 is 0 Å². The molecule has 0 spiro atoms. The van der Waals surface area contributed by atoms with Crippen molar-refractivity contribution in [3.8, 4) is 18.4 Å². The van der Waals surface area contributed by atoms with Gasteiger partial charge in [-0.25, -0.2) is 0 Å². The van der Waals surface area contributed by atoms with E-state index in [1.54, 1.807) is 0 Å². The molecule has 0 saturated heterocycles. The summed E-state index contributed by atoms with van der Waals surface area (Å²) in [5.41, 5.74) is -0.983. The van der Waals surface area contributed by atoms with Crippen molar-refractivity contribution in [3.05, 3.63) is 0 Å². The first-order chi connectivity index (χ1) is 5.24. The average Bonchev–Trinajstić information content (AvgIpc) is 2.04. The van der Waals surface area contributed by atoms with Gasteiger partial charge in [-0.2, -0.15) is 5.26 Å². The summed E-state index contributed by atoms with van der Waals surface area (Å²) in [4.78, 5) is 0. The van der Waals surface area contributed by atoms with Crippen LogP contribution in [0.1, 0.15) is 26.7 Å². The van der Waals surface area contributed by atoms with E-state index in [-0.39, 0.29) is 0 Å². The molecule has 0 rings (SSSR count). The molecular formula is C9H13NO. The Bertz CT molecular complexity index is 163. The van der Waals surface area contributed by atoms with Gasteiger partial charge in [0.15, 0.2) is 0 Å². The van der Waals surface area contributed by atoms with E-state index in [0.717, 1.165) is 6.42 Å². The summed E-state index contributed by atoms with van der Waals surface area (Å²) in [6.45, 7) is 4.29. The first kappa shape index (κ1) is 10.0. The molecule has 1 unspecified atom stereocenters. The van der Waals surface area contributed by atoms with Crippen molar-refractivity contribution in [2.45, 2.75) is 32.3 Å². The van der Waals surface area contributed by atoms with Gasteiger partial charge in [-0.05, 0) is 6.92 Å². The van der Waals surface area contributed by atoms with Crippen molar-refractivity contribution >= 4 is 0 Å². The zero-order chi connectivity index (χ0) is 8.74. The smallest absolute Gasteiger partial charge is 0.215 e. The van der Waals surface area contributed by atoms with Crippen molar-refractivity contribution in [1.29, 1.82) is 5.26 Å². The summed E-state index contributed by atoms with van der Waals surface area (Å²) >= 11 is 0. The Hall–Kier alpha value is -0.990. The molecule has 2 heteroatoms. The monoisotopic (exact) mass is 151 g/mol. The standard InChI is InChI=1S/C9H13NO/c1-4-7-9(5-2,8-10)11-6-3/h2H,4,6-7H2,1,3H3. The molecule has 0 radical (unpaired) electrons. The quantitative estimate of drug-likeness (QED) is 0.573. The third-order valence-electron chi connectivity index (χ3n) is 1.41. The van der Waals surface area contributed by atoms with E-state index in [4.69, 9.17) is 16.4 Å². The Morgan fingerprint density at radius 2 is 2.18 bits per heavy atom. The van der Waals surface area contributed by atoms with Gasteiger partial charge in [0.1, 0.15) is 6.07 Å². The van der Waals surface area contributed by atoms with E-state index in [1.807, 2.05) is 19.9 Å². The molecule has 0 fully saturated rings. The second-order valence-corrected chi connectivity index (χ2v) is 2.27. The zero-order valence-corrected chi connectivity index (χ0v) is 7.05. The maximum absolute atomic E-state index is 8.72. The maximum atomic E-state index is 8.72. The number of nitrogens with zero attached hydrogens (tertiary/aromatic N) is 1. The molecule has 0 amide bonds. The number of ether oxygens (including phenoxy) is 1. The van der Waals surface area contributed by atoms with Gasteiger partial charge in [-0.1, -0.05) is 19.3 Å². The van der Waals surface area contributed by atoms with Gasteiger partial charge in [-0.3, -0.25) is 0 Å². The first-order valence-electron chi connectivity index (χ1n) is 3.77. The van der Waals surface area contributed by atoms with Gasteiger partial charge in [0.25, 0.3) is 0 Å². The van der Waals surface area contributed by atoms with Crippen LogP contribution in [0.3, 0.4) is 0 Å². The predicted octanol–water partition coefficient (Wildman–Crippen LogP) is 1.72. The third-order valence-corrected chi connectivity index (χ3v) is 1.41. The number of rotatable bonds is 4. The van der Waals surface area contributed by atoms with Gasteiger partial charge in [-0.15, -0.1) is 6.42 Å². The van der Waals surface area contributed by atoms with Crippen molar-refractivity contribution in [3.63, 3.8) is 0 Å². The van der Waals surface area contributed by atoms with Crippen LogP contribution in [-0.2, 0) is 4.74 Å². The summed E-state index contributed by atoms with van der Waals surface area (Å²) in [7, 11) is 0. The van der Waals surface area contributed by atoms with Crippen molar-refractivity contribution in [2.24, 2.45) is 0 Å². The van der Waals surface area contributed by atoms with E-state index >= 15 is 0 Å². The van der Waals surface area contributed by atoms with Crippen LogP contribution in [0, 0.1) is 23.7 Å². The largest absolute Gasteiger partial charge is 0.350 e. The fraction of sp³-hybridized carbons (Fsp3) is 0.667. The summed E-state index contributed by atoms with van der Waals surface area (Å²) < 4.78 is 5.17. The van der Waals surface area contributed by atoms with Gasteiger partial charge < -0.3 is 4.74 Å². The van der Waals surface area contributed by atoms with E-state index < -0.39 is 5.60 Å².